The van der Waals surface area contributed by atoms with Crippen LogP contribution in [0.1, 0.15) is 51.5 Å². The molecule has 1 fully saturated rings. The van der Waals surface area contributed by atoms with Crippen LogP contribution < -0.4 is 5.32 Å². The van der Waals surface area contributed by atoms with E-state index in [2.05, 4.69) is 31.3 Å². The molecule has 1 saturated carbocycles. The largest absolute Gasteiger partial charge is 0.316 e. The summed E-state index contributed by atoms with van der Waals surface area (Å²) in [5.41, 5.74) is 1.79. The molecule has 1 N–H and O–H groups in total. The van der Waals surface area contributed by atoms with Crippen LogP contribution in [0.2, 0.25) is 5.02 Å². The van der Waals surface area contributed by atoms with Crippen LogP contribution in [0, 0.1) is 5.92 Å². The van der Waals surface area contributed by atoms with Gasteiger partial charge in [0.1, 0.15) is 0 Å². The van der Waals surface area contributed by atoms with E-state index in [-0.39, 0.29) is 0 Å². The number of halogens is 1. The summed E-state index contributed by atoms with van der Waals surface area (Å²) in [6.45, 7) is 6.83. The summed E-state index contributed by atoms with van der Waals surface area (Å²) in [6, 6.07) is 8.53. The summed E-state index contributed by atoms with van der Waals surface area (Å²) in [7, 11) is 0. The molecule has 1 aromatic carbocycles. The Bertz CT molecular complexity index is 377. The Hall–Kier alpha value is -0.530. The second-order valence-corrected chi connectivity index (χ2v) is 6.58. The van der Waals surface area contributed by atoms with E-state index in [0.29, 0.717) is 5.41 Å². The summed E-state index contributed by atoms with van der Waals surface area (Å²) < 4.78 is 0. The second kappa shape index (κ2) is 6.76. The topological polar surface area (TPSA) is 12.0 Å². The zero-order valence-corrected chi connectivity index (χ0v) is 13.0. The van der Waals surface area contributed by atoms with Gasteiger partial charge >= 0.3 is 0 Å². The van der Waals surface area contributed by atoms with Gasteiger partial charge in [-0.25, -0.2) is 0 Å². The average Bonchev–Trinajstić information content (AvgIpc) is 2.42. The van der Waals surface area contributed by atoms with E-state index in [4.69, 9.17) is 11.6 Å². The van der Waals surface area contributed by atoms with Gasteiger partial charge in [-0.15, -0.1) is 0 Å². The fraction of sp³-hybridized carbons (Fsp3) is 0.647. The van der Waals surface area contributed by atoms with Crippen molar-refractivity contribution in [2.45, 2.75) is 51.4 Å². The van der Waals surface area contributed by atoms with Crippen LogP contribution in [0.4, 0.5) is 0 Å². The molecule has 0 atom stereocenters. The molecule has 106 valence electrons. The van der Waals surface area contributed by atoms with Crippen molar-refractivity contribution >= 4 is 11.6 Å². The van der Waals surface area contributed by atoms with Crippen LogP contribution >= 0.6 is 11.6 Å². The first-order valence-electron chi connectivity index (χ1n) is 7.63. The Kier molecular flexibility index (Phi) is 5.29. The van der Waals surface area contributed by atoms with Crippen LogP contribution in [0.15, 0.2) is 24.3 Å². The molecule has 0 aliphatic heterocycles. The van der Waals surface area contributed by atoms with Gasteiger partial charge in [-0.2, -0.15) is 0 Å². The number of rotatable bonds is 5. The molecule has 19 heavy (non-hydrogen) atoms. The van der Waals surface area contributed by atoms with E-state index in [9.17, 15) is 0 Å². The quantitative estimate of drug-likeness (QED) is 0.765. The summed E-state index contributed by atoms with van der Waals surface area (Å²) in [5.74, 6) is 0.881. The van der Waals surface area contributed by atoms with Crippen molar-refractivity contribution in [3.63, 3.8) is 0 Å². The van der Waals surface area contributed by atoms with Crippen LogP contribution in [-0.2, 0) is 5.41 Å². The van der Waals surface area contributed by atoms with E-state index in [1.54, 1.807) is 0 Å². The predicted octanol–water partition coefficient (Wildman–Crippen LogP) is 4.79. The molecule has 1 aromatic rings. The fourth-order valence-corrected chi connectivity index (χ4v) is 3.32. The molecule has 0 saturated heterocycles. The molecule has 2 heteroatoms. The highest BCUT2D eigenvalue weighted by atomic mass is 35.5. The van der Waals surface area contributed by atoms with Gasteiger partial charge in [0.15, 0.2) is 0 Å². The molecule has 0 bridgehead atoms. The highest BCUT2D eigenvalue weighted by Crippen LogP contribution is 2.41. The van der Waals surface area contributed by atoms with Crippen molar-refractivity contribution in [2.24, 2.45) is 5.92 Å². The van der Waals surface area contributed by atoms with Gasteiger partial charge in [-0.05, 0) is 62.3 Å². The fourth-order valence-electron chi connectivity index (χ4n) is 3.19. The average molecular weight is 280 g/mol. The highest BCUT2D eigenvalue weighted by Gasteiger charge is 2.35. The maximum atomic E-state index is 6.03. The molecule has 0 unspecified atom stereocenters. The SMILES string of the molecule is CCCNCC1(c2ccc(Cl)cc2)CCC(C)CC1. The molecule has 0 spiro atoms. The lowest BCUT2D eigenvalue weighted by Gasteiger charge is -2.40. The Morgan fingerprint density at radius 3 is 2.42 bits per heavy atom. The van der Waals surface area contributed by atoms with E-state index < -0.39 is 0 Å². The smallest absolute Gasteiger partial charge is 0.0406 e. The second-order valence-electron chi connectivity index (χ2n) is 6.15. The van der Waals surface area contributed by atoms with Crippen molar-refractivity contribution in [3.8, 4) is 0 Å². The molecule has 0 heterocycles. The standard InChI is InChI=1S/C17H26ClN/c1-3-12-19-13-17(10-8-14(2)9-11-17)15-4-6-16(18)7-5-15/h4-7,14,19H,3,8-13H2,1-2H3. The molecular weight excluding hydrogens is 254 g/mol. The normalized spacial score (nSPS) is 27.4. The van der Waals surface area contributed by atoms with Crippen LogP contribution in [0.25, 0.3) is 0 Å². The Morgan fingerprint density at radius 1 is 1.21 bits per heavy atom. The Labute approximate surface area is 122 Å². The third kappa shape index (κ3) is 3.73. The third-order valence-electron chi connectivity index (χ3n) is 4.58. The highest BCUT2D eigenvalue weighted by molar-refractivity contribution is 6.30. The van der Waals surface area contributed by atoms with E-state index in [1.807, 2.05) is 12.1 Å². The zero-order chi connectivity index (χ0) is 13.7. The summed E-state index contributed by atoms with van der Waals surface area (Å²) in [6.07, 6.45) is 6.49. The monoisotopic (exact) mass is 279 g/mol. The number of hydrogen-bond acceptors (Lipinski definition) is 1. The van der Waals surface area contributed by atoms with Gasteiger partial charge in [-0.1, -0.05) is 37.6 Å². The molecule has 2 rings (SSSR count). The van der Waals surface area contributed by atoms with E-state index >= 15 is 0 Å². The molecule has 0 aromatic heterocycles. The molecule has 1 aliphatic carbocycles. The third-order valence-corrected chi connectivity index (χ3v) is 4.83. The van der Waals surface area contributed by atoms with Gasteiger partial charge in [0.25, 0.3) is 0 Å². The van der Waals surface area contributed by atoms with Crippen LogP contribution in [-0.4, -0.2) is 13.1 Å². The van der Waals surface area contributed by atoms with Crippen molar-refractivity contribution in [1.82, 2.24) is 5.32 Å². The maximum Gasteiger partial charge on any atom is 0.0406 e. The van der Waals surface area contributed by atoms with Gasteiger partial charge in [0, 0.05) is 17.0 Å². The lowest BCUT2D eigenvalue weighted by atomic mass is 9.67. The maximum absolute atomic E-state index is 6.03. The lowest BCUT2D eigenvalue weighted by Crippen LogP contribution is -2.41. The first-order valence-corrected chi connectivity index (χ1v) is 8.01. The first-order chi connectivity index (χ1) is 9.16. The van der Waals surface area contributed by atoms with Gasteiger partial charge in [0.2, 0.25) is 0 Å². The molecule has 0 amide bonds. The number of benzene rings is 1. The van der Waals surface area contributed by atoms with Crippen molar-refractivity contribution < 1.29 is 0 Å². The summed E-state index contributed by atoms with van der Waals surface area (Å²) in [4.78, 5) is 0. The number of hydrogen-bond donors (Lipinski definition) is 1. The summed E-state index contributed by atoms with van der Waals surface area (Å²) in [5, 5.41) is 4.48. The molecule has 1 nitrogen and oxygen atoms in total. The van der Waals surface area contributed by atoms with E-state index in [1.165, 1.54) is 37.7 Å². The molecular formula is C17H26ClN. The van der Waals surface area contributed by atoms with Gasteiger partial charge < -0.3 is 5.32 Å². The van der Waals surface area contributed by atoms with Gasteiger partial charge in [0.05, 0.1) is 0 Å². The summed E-state index contributed by atoms with van der Waals surface area (Å²) >= 11 is 6.03. The van der Waals surface area contributed by atoms with Crippen molar-refractivity contribution in [2.75, 3.05) is 13.1 Å². The lowest BCUT2D eigenvalue weighted by molar-refractivity contribution is 0.234. The predicted molar refractivity (Wildman–Crippen MR) is 83.9 cm³/mol. The molecule has 0 radical (unpaired) electrons. The zero-order valence-electron chi connectivity index (χ0n) is 12.2. The molecule has 1 aliphatic rings. The minimum atomic E-state index is 0.326. The number of nitrogens with one attached hydrogen (secondary N) is 1. The van der Waals surface area contributed by atoms with Crippen molar-refractivity contribution in [1.29, 1.82) is 0 Å². The van der Waals surface area contributed by atoms with Gasteiger partial charge in [-0.3, -0.25) is 0 Å². The van der Waals surface area contributed by atoms with Crippen molar-refractivity contribution in [3.05, 3.63) is 34.9 Å². The van der Waals surface area contributed by atoms with Crippen LogP contribution in [0.5, 0.6) is 0 Å². The Balaban J connectivity index is 2.15. The minimum absolute atomic E-state index is 0.326. The minimum Gasteiger partial charge on any atom is -0.316 e. The van der Waals surface area contributed by atoms with Crippen LogP contribution in [0.3, 0.4) is 0 Å². The first kappa shape index (κ1) is 14.9. The Morgan fingerprint density at radius 2 is 1.84 bits per heavy atom. The van der Waals surface area contributed by atoms with E-state index in [0.717, 1.165) is 24.0 Å².